The van der Waals surface area contributed by atoms with E-state index in [9.17, 15) is 9.90 Å². The van der Waals surface area contributed by atoms with Gasteiger partial charge in [-0.3, -0.25) is 9.69 Å². The summed E-state index contributed by atoms with van der Waals surface area (Å²) >= 11 is 0. The maximum Gasteiger partial charge on any atom is 0.241 e. The molecule has 2 rings (SSSR count). The van der Waals surface area contributed by atoms with E-state index in [0.717, 1.165) is 43.9 Å². The highest BCUT2D eigenvalue weighted by atomic mass is 16.3. The number of aryl methyl sites for hydroxylation is 1. The van der Waals surface area contributed by atoms with E-state index in [4.69, 9.17) is 0 Å². The van der Waals surface area contributed by atoms with E-state index in [0.29, 0.717) is 13.1 Å². The van der Waals surface area contributed by atoms with Crippen molar-refractivity contribution >= 4 is 11.6 Å². The summed E-state index contributed by atoms with van der Waals surface area (Å²) in [5.74, 6) is 0.286. The minimum Gasteiger partial charge on any atom is -0.508 e. The van der Waals surface area contributed by atoms with Gasteiger partial charge in [0.05, 0.1) is 12.2 Å². The molecule has 5 nitrogen and oxygen atoms in total. The van der Waals surface area contributed by atoms with Crippen LogP contribution in [0.5, 0.6) is 5.75 Å². The molecule has 1 heterocycles. The molecule has 5 heteroatoms. The van der Waals surface area contributed by atoms with E-state index in [1.54, 1.807) is 17.0 Å². The van der Waals surface area contributed by atoms with Gasteiger partial charge < -0.3 is 15.3 Å². The molecular weight excluding hydrogens is 266 g/mol. The Bertz CT molecular complexity index is 482. The Balaban J connectivity index is 2.08. The summed E-state index contributed by atoms with van der Waals surface area (Å²) in [5, 5.41) is 13.0. The molecule has 0 saturated carbocycles. The Morgan fingerprint density at radius 1 is 1.38 bits per heavy atom. The summed E-state index contributed by atoms with van der Waals surface area (Å²) in [5.41, 5.74) is 1.80. The summed E-state index contributed by atoms with van der Waals surface area (Å²) in [7, 11) is 0. The minimum absolute atomic E-state index is 0.0908. The summed E-state index contributed by atoms with van der Waals surface area (Å²) in [6.45, 7) is 8.78. The van der Waals surface area contributed by atoms with Crippen molar-refractivity contribution in [2.45, 2.75) is 20.3 Å². The van der Waals surface area contributed by atoms with Crippen LogP contribution in [0.3, 0.4) is 0 Å². The number of hydrogen-bond donors (Lipinski definition) is 2. The summed E-state index contributed by atoms with van der Waals surface area (Å²) in [6.07, 6.45) is 1.07. The normalized spacial score (nSPS) is 16.5. The smallest absolute Gasteiger partial charge is 0.241 e. The van der Waals surface area contributed by atoms with Gasteiger partial charge in [-0.25, -0.2) is 0 Å². The number of aromatic hydroxyl groups is 1. The van der Waals surface area contributed by atoms with Crippen molar-refractivity contribution in [1.82, 2.24) is 10.2 Å². The fraction of sp³-hybridized carbons (Fsp3) is 0.562. The minimum atomic E-state index is 0.0908. The van der Waals surface area contributed by atoms with Crippen molar-refractivity contribution in [3.63, 3.8) is 0 Å². The number of carbonyl (C=O) groups excluding carboxylic acids is 1. The van der Waals surface area contributed by atoms with Crippen LogP contribution in [0.4, 0.5) is 5.69 Å². The van der Waals surface area contributed by atoms with E-state index < -0.39 is 0 Å². The quantitative estimate of drug-likeness (QED) is 0.879. The Morgan fingerprint density at radius 3 is 2.95 bits per heavy atom. The van der Waals surface area contributed by atoms with Gasteiger partial charge in [0.1, 0.15) is 5.75 Å². The van der Waals surface area contributed by atoms with Crippen LogP contribution in [0.2, 0.25) is 0 Å². The Morgan fingerprint density at radius 2 is 2.19 bits per heavy atom. The molecule has 0 aromatic heterocycles. The van der Waals surface area contributed by atoms with E-state index in [1.807, 2.05) is 19.9 Å². The van der Waals surface area contributed by atoms with E-state index >= 15 is 0 Å². The monoisotopic (exact) mass is 291 g/mol. The topological polar surface area (TPSA) is 55.8 Å². The van der Waals surface area contributed by atoms with Crippen LogP contribution < -0.4 is 10.2 Å². The Hall–Kier alpha value is -1.59. The predicted octanol–water partition coefficient (Wildman–Crippen LogP) is 1.35. The van der Waals surface area contributed by atoms with Gasteiger partial charge in [0.2, 0.25) is 5.91 Å². The lowest BCUT2D eigenvalue weighted by Crippen LogP contribution is -2.41. The second kappa shape index (κ2) is 7.43. The first-order valence-electron chi connectivity index (χ1n) is 7.65. The van der Waals surface area contributed by atoms with Crippen LogP contribution in [-0.4, -0.2) is 55.2 Å². The van der Waals surface area contributed by atoms with Crippen LogP contribution in [0.25, 0.3) is 0 Å². The summed E-state index contributed by atoms with van der Waals surface area (Å²) in [6, 6.07) is 5.16. The third kappa shape index (κ3) is 4.19. The van der Waals surface area contributed by atoms with Crippen molar-refractivity contribution in [2.24, 2.45) is 0 Å². The van der Waals surface area contributed by atoms with Crippen molar-refractivity contribution in [2.75, 3.05) is 44.2 Å². The summed E-state index contributed by atoms with van der Waals surface area (Å²) in [4.78, 5) is 16.6. The van der Waals surface area contributed by atoms with Crippen molar-refractivity contribution < 1.29 is 9.90 Å². The molecule has 0 aliphatic carbocycles. The van der Waals surface area contributed by atoms with Crippen LogP contribution in [0.1, 0.15) is 18.9 Å². The second-order valence-electron chi connectivity index (χ2n) is 5.49. The van der Waals surface area contributed by atoms with Gasteiger partial charge >= 0.3 is 0 Å². The average molecular weight is 291 g/mol. The first-order valence-corrected chi connectivity index (χ1v) is 7.65. The maximum absolute atomic E-state index is 12.6. The van der Waals surface area contributed by atoms with E-state index in [-0.39, 0.29) is 11.7 Å². The molecular formula is C16H25N3O2. The number of anilines is 1. The van der Waals surface area contributed by atoms with Gasteiger partial charge in [-0.1, -0.05) is 6.07 Å². The zero-order valence-corrected chi connectivity index (χ0v) is 12.9. The van der Waals surface area contributed by atoms with Crippen LogP contribution in [0, 0.1) is 6.92 Å². The molecule has 0 bridgehead atoms. The predicted molar refractivity (Wildman–Crippen MR) is 84.8 cm³/mol. The number of benzene rings is 1. The van der Waals surface area contributed by atoms with Gasteiger partial charge in [0.25, 0.3) is 0 Å². The number of phenols is 1. The van der Waals surface area contributed by atoms with E-state index in [1.165, 1.54) is 0 Å². The second-order valence-corrected chi connectivity index (χ2v) is 5.49. The maximum atomic E-state index is 12.6. The molecule has 1 aliphatic rings. The zero-order chi connectivity index (χ0) is 15.2. The number of carbonyl (C=O) groups is 1. The molecule has 0 atom stereocenters. The Labute approximate surface area is 126 Å². The molecule has 21 heavy (non-hydrogen) atoms. The standard InChI is InChI=1S/C16H25N3O2/c1-3-19(15-11-14(20)6-5-13(15)2)16(21)12-18-9-4-7-17-8-10-18/h5-6,11,17,20H,3-4,7-10,12H2,1-2H3. The molecule has 116 valence electrons. The van der Waals surface area contributed by atoms with E-state index in [2.05, 4.69) is 10.2 Å². The van der Waals surface area contributed by atoms with Crippen LogP contribution in [-0.2, 0) is 4.79 Å². The van der Waals surface area contributed by atoms with Crippen molar-refractivity contribution in [3.05, 3.63) is 23.8 Å². The third-order valence-corrected chi connectivity index (χ3v) is 3.89. The van der Waals surface area contributed by atoms with Gasteiger partial charge in [0, 0.05) is 25.7 Å². The van der Waals surface area contributed by atoms with Gasteiger partial charge in [0.15, 0.2) is 0 Å². The molecule has 0 spiro atoms. The highest BCUT2D eigenvalue weighted by molar-refractivity contribution is 5.95. The van der Waals surface area contributed by atoms with Crippen molar-refractivity contribution in [1.29, 1.82) is 0 Å². The number of phenolic OH excluding ortho intramolecular Hbond substituents is 1. The molecule has 1 aliphatic heterocycles. The van der Waals surface area contributed by atoms with Crippen molar-refractivity contribution in [3.8, 4) is 5.75 Å². The molecule has 2 N–H and O–H groups in total. The first kappa shape index (κ1) is 15.8. The number of hydrogen-bond acceptors (Lipinski definition) is 4. The molecule has 1 amide bonds. The lowest BCUT2D eigenvalue weighted by molar-refractivity contribution is -0.119. The lowest BCUT2D eigenvalue weighted by atomic mass is 10.1. The molecule has 0 unspecified atom stereocenters. The SMILES string of the molecule is CCN(C(=O)CN1CCCNCC1)c1cc(O)ccc1C. The van der Waals surface area contributed by atoms with Crippen LogP contribution >= 0.6 is 0 Å². The third-order valence-electron chi connectivity index (χ3n) is 3.89. The van der Waals surface area contributed by atoms with Gasteiger partial charge in [-0.15, -0.1) is 0 Å². The first-order chi connectivity index (χ1) is 10.1. The largest absolute Gasteiger partial charge is 0.508 e. The molecule has 1 saturated heterocycles. The number of nitrogens with one attached hydrogen (secondary N) is 1. The number of nitrogens with zero attached hydrogens (tertiary/aromatic N) is 2. The average Bonchev–Trinajstić information content (AvgIpc) is 2.72. The molecule has 0 radical (unpaired) electrons. The Kier molecular flexibility index (Phi) is 5.59. The molecule has 1 fully saturated rings. The highest BCUT2D eigenvalue weighted by Gasteiger charge is 2.20. The fourth-order valence-corrected chi connectivity index (χ4v) is 2.71. The summed E-state index contributed by atoms with van der Waals surface area (Å²) < 4.78 is 0. The molecule has 1 aromatic carbocycles. The van der Waals surface area contributed by atoms with Gasteiger partial charge in [-0.2, -0.15) is 0 Å². The van der Waals surface area contributed by atoms with Gasteiger partial charge in [-0.05, 0) is 45.0 Å². The zero-order valence-electron chi connectivity index (χ0n) is 12.9. The number of amides is 1. The lowest BCUT2D eigenvalue weighted by Gasteiger charge is -2.27. The number of rotatable bonds is 4. The van der Waals surface area contributed by atoms with Crippen LogP contribution in [0.15, 0.2) is 18.2 Å². The number of likely N-dealkylation sites (N-methyl/N-ethyl adjacent to an activating group) is 1. The molecule has 1 aromatic rings. The fourth-order valence-electron chi connectivity index (χ4n) is 2.71. The highest BCUT2D eigenvalue weighted by Crippen LogP contribution is 2.25.